The van der Waals surface area contributed by atoms with E-state index in [-0.39, 0.29) is 5.82 Å². The second-order valence-corrected chi connectivity index (χ2v) is 4.22. The molecule has 0 amide bonds. The standard InChI is InChI=1S/C13H16ClFO/c1-2-3-4-5-12(16)8-10-6-7-11(15)9-13(10)14/h2,6-7,9,12,16H,1,3-5,8H2. The van der Waals surface area contributed by atoms with Crippen LogP contribution in [0.4, 0.5) is 4.39 Å². The first-order valence-electron chi connectivity index (χ1n) is 5.36. The van der Waals surface area contributed by atoms with Crippen LogP contribution in [0.25, 0.3) is 0 Å². The van der Waals surface area contributed by atoms with Gasteiger partial charge in [0.25, 0.3) is 0 Å². The van der Waals surface area contributed by atoms with E-state index in [2.05, 4.69) is 6.58 Å². The van der Waals surface area contributed by atoms with Gasteiger partial charge in [0.15, 0.2) is 0 Å². The molecule has 1 N–H and O–H groups in total. The van der Waals surface area contributed by atoms with Crippen LogP contribution in [0.2, 0.25) is 5.02 Å². The Labute approximate surface area is 101 Å². The quantitative estimate of drug-likeness (QED) is 0.595. The highest BCUT2D eigenvalue weighted by Gasteiger charge is 2.08. The van der Waals surface area contributed by atoms with Gasteiger partial charge in [0, 0.05) is 5.02 Å². The molecule has 1 rings (SSSR count). The van der Waals surface area contributed by atoms with Crippen molar-refractivity contribution in [2.24, 2.45) is 0 Å². The van der Waals surface area contributed by atoms with Gasteiger partial charge in [-0.3, -0.25) is 0 Å². The summed E-state index contributed by atoms with van der Waals surface area (Å²) in [6, 6.07) is 4.25. The third-order valence-electron chi connectivity index (χ3n) is 2.42. The molecule has 1 aromatic rings. The number of rotatable bonds is 6. The predicted molar refractivity (Wildman–Crippen MR) is 65.2 cm³/mol. The number of hydrogen-bond donors (Lipinski definition) is 1. The number of halogens is 2. The van der Waals surface area contributed by atoms with Crippen molar-refractivity contribution in [2.45, 2.75) is 31.8 Å². The van der Waals surface area contributed by atoms with Crippen molar-refractivity contribution in [1.29, 1.82) is 0 Å². The minimum Gasteiger partial charge on any atom is -0.393 e. The van der Waals surface area contributed by atoms with Gasteiger partial charge in [-0.15, -0.1) is 6.58 Å². The summed E-state index contributed by atoms with van der Waals surface area (Å²) in [5.74, 6) is -0.352. The Hall–Kier alpha value is -0.860. The Balaban J connectivity index is 2.49. The Morgan fingerprint density at radius 3 is 2.88 bits per heavy atom. The summed E-state index contributed by atoms with van der Waals surface area (Å²) in [5.41, 5.74) is 0.786. The Morgan fingerprint density at radius 1 is 1.50 bits per heavy atom. The van der Waals surface area contributed by atoms with Gasteiger partial charge in [-0.25, -0.2) is 4.39 Å². The molecule has 16 heavy (non-hydrogen) atoms. The lowest BCUT2D eigenvalue weighted by molar-refractivity contribution is 0.162. The molecule has 0 bridgehead atoms. The summed E-state index contributed by atoms with van der Waals surface area (Å²) in [4.78, 5) is 0. The highest BCUT2D eigenvalue weighted by molar-refractivity contribution is 6.31. The molecule has 0 radical (unpaired) electrons. The second-order valence-electron chi connectivity index (χ2n) is 3.81. The highest BCUT2D eigenvalue weighted by Crippen LogP contribution is 2.20. The molecule has 0 saturated carbocycles. The van der Waals surface area contributed by atoms with Crippen molar-refractivity contribution in [2.75, 3.05) is 0 Å². The predicted octanol–water partition coefficient (Wildman–Crippen LogP) is 3.74. The van der Waals surface area contributed by atoms with E-state index < -0.39 is 6.10 Å². The Bertz CT molecular complexity index is 352. The lowest BCUT2D eigenvalue weighted by Crippen LogP contribution is -2.10. The van der Waals surface area contributed by atoms with Gasteiger partial charge < -0.3 is 5.11 Å². The first-order chi connectivity index (χ1) is 7.63. The lowest BCUT2D eigenvalue weighted by atomic mass is 10.0. The molecule has 0 saturated heterocycles. The van der Waals surface area contributed by atoms with Crippen molar-refractivity contribution in [1.82, 2.24) is 0 Å². The van der Waals surface area contributed by atoms with E-state index in [1.165, 1.54) is 12.1 Å². The number of aliphatic hydroxyl groups excluding tert-OH is 1. The molecular formula is C13H16ClFO. The molecule has 88 valence electrons. The maximum Gasteiger partial charge on any atom is 0.124 e. The molecule has 3 heteroatoms. The minimum absolute atomic E-state index is 0.352. The van der Waals surface area contributed by atoms with Gasteiger partial charge >= 0.3 is 0 Å². The molecule has 1 aromatic carbocycles. The zero-order chi connectivity index (χ0) is 12.0. The van der Waals surface area contributed by atoms with E-state index in [1.54, 1.807) is 6.07 Å². The van der Waals surface area contributed by atoms with Crippen molar-refractivity contribution in [3.8, 4) is 0 Å². The summed E-state index contributed by atoms with van der Waals surface area (Å²) in [6.07, 6.45) is 4.38. The fourth-order valence-electron chi connectivity index (χ4n) is 1.54. The van der Waals surface area contributed by atoms with Gasteiger partial charge in [0.05, 0.1) is 6.10 Å². The molecule has 0 heterocycles. The summed E-state index contributed by atoms with van der Waals surface area (Å²) < 4.78 is 12.8. The van der Waals surface area contributed by atoms with Gasteiger partial charge in [0.1, 0.15) is 5.82 Å². The summed E-state index contributed by atoms with van der Waals surface area (Å²) >= 11 is 5.87. The molecule has 1 nitrogen and oxygen atoms in total. The molecule has 0 aromatic heterocycles. The van der Waals surface area contributed by atoms with Crippen molar-refractivity contribution in [3.63, 3.8) is 0 Å². The first-order valence-corrected chi connectivity index (χ1v) is 5.74. The van der Waals surface area contributed by atoms with E-state index in [0.29, 0.717) is 17.9 Å². The SMILES string of the molecule is C=CCCCC(O)Cc1ccc(F)cc1Cl. The number of hydrogen-bond acceptors (Lipinski definition) is 1. The second kappa shape index (κ2) is 6.66. The third-order valence-corrected chi connectivity index (χ3v) is 2.77. The Morgan fingerprint density at radius 2 is 2.25 bits per heavy atom. The molecule has 0 spiro atoms. The zero-order valence-electron chi connectivity index (χ0n) is 9.13. The lowest BCUT2D eigenvalue weighted by Gasteiger charge is -2.11. The average molecular weight is 243 g/mol. The summed E-state index contributed by atoms with van der Waals surface area (Å²) in [7, 11) is 0. The minimum atomic E-state index is -0.428. The molecule has 0 fully saturated rings. The third kappa shape index (κ3) is 4.33. The normalized spacial score (nSPS) is 12.4. The molecule has 0 aliphatic rings. The van der Waals surface area contributed by atoms with Gasteiger partial charge in [-0.05, 0) is 43.4 Å². The van der Waals surface area contributed by atoms with Crippen LogP contribution in [0.1, 0.15) is 24.8 Å². The van der Waals surface area contributed by atoms with Gasteiger partial charge in [0.2, 0.25) is 0 Å². The smallest absolute Gasteiger partial charge is 0.124 e. The van der Waals surface area contributed by atoms with E-state index in [1.807, 2.05) is 6.08 Å². The number of allylic oxidation sites excluding steroid dienone is 1. The van der Waals surface area contributed by atoms with Crippen LogP contribution in [0.5, 0.6) is 0 Å². The van der Waals surface area contributed by atoms with Gasteiger partial charge in [-0.2, -0.15) is 0 Å². The van der Waals surface area contributed by atoms with E-state index in [9.17, 15) is 9.50 Å². The van der Waals surface area contributed by atoms with Crippen molar-refractivity contribution >= 4 is 11.6 Å². The van der Waals surface area contributed by atoms with Crippen LogP contribution in [0, 0.1) is 5.82 Å². The van der Waals surface area contributed by atoms with Gasteiger partial charge in [-0.1, -0.05) is 23.7 Å². The van der Waals surface area contributed by atoms with E-state index in [0.717, 1.165) is 18.4 Å². The molecule has 0 aliphatic carbocycles. The first kappa shape index (κ1) is 13.2. The van der Waals surface area contributed by atoms with Crippen LogP contribution >= 0.6 is 11.6 Å². The molecule has 1 unspecified atom stereocenters. The van der Waals surface area contributed by atoms with Crippen LogP contribution < -0.4 is 0 Å². The van der Waals surface area contributed by atoms with Crippen LogP contribution in [0.3, 0.4) is 0 Å². The number of unbranched alkanes of at least 4 members (excludes halogenated alkanes) is 1. The fraction of sp³-hybridized carbons (Fsp3) is 0.385. The Kier molecular flexibility index (Phi) is 5.50. The molecular weight excluding hydrogens is 227 g/mol. The fourth-order valence-corrected chi connectivity index (χ4v) is 1.79. The molecule has 1 atom stereocenters. The molecule has 0 aliphatic heterocycles. The summed E-state index contributed by atoms with van der Waals surface area (Å²) in [6.45, 7) is 3.62. The number of benzene rings is 1. The summed E-state index contributed by atoms with van der Waals surface area (Å²) in [5, 5.41) is 10.1. The number of aliphatic hydroxyl groups is 1. The van der Waals surface area contributed by atoms with Crippen LogP contribution in [-0.2, 0) is 6.42 Å². The zero-order valence-corrected chi connectivity index (χ0v) is 9.88. The van der Waals surface area contributed by atoms with Crippen molar-refractivity contribution < 1.29 is 9.50 Å². The maximum absolute atomic E-state index is 12.8. The largest absolute Gasteiger partial charge is 0.393 e. The van der Waals surface area contributed by atoms with E-state index >= 15 is 0 Å². The topological polar surface area (TPSA) is 20.2 Å². The van der Waals surface area contributed by atoms with E-state index in [4.69, 9.17) is 11.6 Å². The average Bonchev–Trinajstić information content (AvgIpc) is 2.23. The van der Waals surface area contributed by atoms with Crippen LogP contribution in [-0.4, -0.2) is 11.2 Å². The highest BCUT2D eigenvalue weighted by atomic mass is 35.5. The van der Waals surface area contributed by atoms with Crippen molar-refractivity contribution in [3.05, 3.63) is 47.3 Å². The van der Waals surface area contributed by atoms with Crippen LogP contribution in [0.15, 0.2) is 30.9 Å². The monoisotopic (exact) mass is 242 g/mol. The maximum atomic E-state index is 12.8.